The van der Waals surface area contributed by atoms with E-state index in [2.05, 4.69) is 0 Å². The number of amides is 1. The molecule has 0 radical (unpaired) electrons. The fraction of sp³-hybridized carbons (Fsp3) is 0.333. The topological polar surface area (TPSA) is 96.2 Å². The summed E-state index contributed by atoms with van der Waals surface area (Å²) in [5.41, 5.74) is 1.41. The average molecular weight is 250 g/mol. The molecule has 0 atom stereocenters. The number of aliphatic hydroxyl groups is 1. The molecule has 1 amide bonds. The van der Waals surface area contributed by atoms with Gasteiger partial charge in [0, 0.05) is 6.61 Å². The molecule has 0 aliphatic carbocycles. The van der Waals surface area contributed by atoms with Crippen molar-refractivity contribution in [2.24, 2.45) is 5.73 Å². The highest BCUT2D eigenvalue weighted by Gasteiger charge is 2.35. The maximum absolute atomic E-state index is 12.5. The molecule has 0 spiro atoms. The number of aromatic nitrogens is 1. The van der Waals surface area contributed by atoms with Crippen LogP contribution in [0.3, 0.4) is 0 Å². The van der Waals surface area contributed by atoms with Crippen LogP contribution in [-0.2, 0) is 12.6 Å². The molecule has 0 unspecified atom stereocenters. The van der Waals surface area contributed by atoms with Gasteiger partial charge in [0.15, 0.2) is 0 Å². The summed E-state index contributed by atoms with van der Waals surface area (Å²) in [6.45, 7) is -0.548. The number of nitrogens with two attached hydrogens (primary N) is 1. The number of halogens is 3. The summed E-state index contributed by atoms with van der Waals surface area (Å²) in [6, 6.07) is 0.750. The van der Waals surface area contributed by atoms with Crippen molar-refractivity contribution in [1.29, 1.82) is 0 Å². The first kappa shape index (κ1) is 13.2. The van der Waals surface area contributed by atoms with E-state index in [1.807, 2.05) is 0 Å². The van der Waals surface area contributed by atoms with Gasteiger partial charge in [-0.2, -0.15) is 13.2 Å². The second-order valence-corrected chi connectivity index (χ2v) is 3.25. The van der Waals surface area contributed by atoms with Crippen LogP contribution in [0.5, 0.6) is 0 Å². The summed E-state index contributed by atoms with van der Waals surface area (Å²) < 4.78 is 37.5. The molecule has 1 aromatic rings. The van der Waals surface area contributed by atoms with Crippen molar-refractivity contribution in [3.05, 3.63) is 33.2 Å². The minimum absolute atomic E-state index is 0.341. The molecule has 94 valence electrons. The first-order valence-electron chi connectivity index (χ1n) is 4.51. The van der Waals surface area contributed by atoms with E-state index in [1.165, 1.54) is 0 Å². The van der Waals surface area contributed by atoms with Gasteiger partial charge in [-0.3, -0.25) is 9.59 Å². The summed E-state index contributed by atoms with van der Waals surface area (Å²) in [4.78, 5) is 23.5. The van der Waals surface area contributed by atoms with Crippen molar-refractivity contribution in [3.63, 3.8) is 0 Å². The van der Waals surface area contributed by atoms with Crippen LogP contribution in [0.25, 0.3) is 0 Å². The predicted molar refractivity (Wildman–Crippen MR) is 51.4 cm³/mol. The Labute approximate surface area is 93.1 Å². The van der Waals surface area contributed by atoms with E-state index >= 15 is 0 Å². The highest BCUT2D eigenvalue weighted by atomic mass is 19.4. The van der Waals surface area contributed by atoms with Gasteiger partial charge in [-0.25, -0.2) is 0 Å². The quantitative estimate of drug-likeness (QED) is 0.706. The van der Waals surface area contributed by atoms with Gasteiger partial charge in [0.25, 0.3) is 11.5 Å². The largest absolute Gasteiger partial charge is 0.431 e. The van der Waals surface area contributed by atoms with E-state index in [9.17, 15) is 22.8 Å². The summed E-state index contributed by atoms with van der Waals surface area (Å²) in [7, 11) is 0. The van der Waals surface area contributed by atoms with Gasteiger partial charge >= 0.3 is 6.18 Å². The monoisotopic (exact) mass is 250 g/mol. The molecule has 17 heavy (non-hydrogen) atoms. The second-order valence-electron chi connectivity index (χ2n) is 3.25. The Balaban J connectivity index is 3.47. The number of rotatable bonds is 3. The van der Waals surface area contributed by atoms with Crippen LogP contribution in [-0.4, -0.2) is 22.6 Å². The molecule has 1 heterocycles. The number of H-pyrrole nitrogens is 1. The van der Waals surface area contributed by atoms with E-state index in [0.717, 1.165) is 6.07 Å². The lowest BCUT2D eigenvalue weighted by molar-refractivity contribution is -0.142. The average Bonchev–Trinajstić information content (AvgIpc) is 2.18. The SMILES string of the molecule is NC(=O)c1cc(CCO)c(C(F)(F)F)[nH]c1=O. The van der Waals surface area contributed by atoms with E-state index < -0.39 is 35.5 Å². The van der Waals surface area contributed by atoms with Gasteiger partial charge in [-0.05, 0) is 18.1 Å². The van der Waals surface area contributed by atoms with Gasteiger partial charge in [0.05, 0.1) is 0 Å². The van der Waals surface area contributed by atoms with Gasteiger partial charge in [0.1, 0.15) is 11.3 Å². The Hall–Kier alpha value is -1.83. The lowest BCUT2D eigenvalue weighted by Gasteiger charge is -2.12. The standard InChI is InChI=1S/C9H9F3N2O3/c10-9(11,12)6-4(1-2-15)3-5(7(13)16)8(17)14-6/h3,15H,1-2H2,(H2,13,16)(H,14,17). The second kappa shape index (κ2) is 4.58. The normalized spacial score (nSPS) is 11.5. The van der Waals surface area contributed by atoms with Crippen LogP contribution in [0.2, 0.25) is 0 Å². The number of nitrogens with one attached hydrogen (secondary N) is 1. The molecule has 1 aromatic heterocycles. The highest BCUT2D eigenvalue weighted by Crippen LogP contribution is 2.29. The zero-order chi connectivity index (χ0) is 13.2. The van der Waals surface area contributed by atoms with Crippen molar-refractivity contribution >= 4 is 5.91 Å². The Kier molecular flexibility index (Phi) is 3.56. The summed E-state index contributed by atoms with van der Waals surface area (Å²) in [5.74, 6) is -1.13. The number of primary amides is 1. The van der Waals surface area contributed by atoms with Gasteiger partial charge in [-0.1, -0.05) is 0 Å². The first-order valence-corrected chi connectivity index (χ1v) is 4.51. The molecule has 1 rings (SSSR count). The van der Waals surface area contributed by atoms with Gasteiger partial charge < -0.3 is 15.8 Å². The third-order valence-corrected chi connectivity index (χ3v) is 2.05. The summed E-state index contributed by atoms with van der Waals surface area (Å²) >= 11 is 0. The molecule has 0 aliphatic rings. The zero-order valence-corrected chi connectivity index (χ0v) is 8.47. The molecule has 0 fully saturated rings. The van der Waals surface area contributed by atoms with Crippen LogP contribution < -0.4 is 11.3 Å². The van der Waals surface area contributed by atoms with Crippen LogP contribution in [0, 0.1) is 0 Å². The molecular formula is C9H9F3N2O3. The number of alkyl halides is 3. The number of pyridine rings is 1. The maximum atomic E-state index is 12.5. The molecule has 4 N–H and O–H groups in total. The molecule has 0 saturated carbocycles. The van der Waals surface area contributed by atoms with E-state index in [-0.39, 0.29) is 12.0 Å². The number of carbonyl (C=O) groups excluding carboxylic acids is 1. The van der Waals surface area contributed by atoms with Gasteiger partial charge in [-0.15, -0.1) is 0 Å². The van der Waals surface area contributed by atoms with Crippen molar-refractivity contribution in [1.82, 2.24) is 4.98 Å². The van der Waals surface area contributed by atoms with Crippen LogP contribution in [0.1, 0.15) is 21.6 Å². The first-order chi connectivity index (χ1) is 7.77. The number of aromatic amines is 1. The van der Waals surface area contributed by atoms with Crippen molar-refractivity contribution in [2.75, 3.05) is 6.61 Å². The molecule has 0 aliphatic heterocycles. The molecule has 0 aromatic carbocycles. The van der Waals surface area contributed by atoms with E-state index in [0.29, 0.717) is 0 Å². The summed E-state index contributed by atoms with van der Waals surface area (Å²) in [6.07, 6.45) is -5.11. The third-order valence-electron chi connectivity index (χ3n) is 2.05. The number of carbonyl (C=O) groups is 1. The molecular weight excluding hydrogens is 241 g/mol. The molecule has 5 nitrogen and oxygen atoms in total. The predicted octanol–water partition coefficient (Wildman–Crippen LogP) is 0.0274. The van der Waals surface area contributed by atoms with Crippen molar-refractivity contribution < 1.29 is 23.1 Å². The van der Waals surface area contributed by atoms with E-state index in [1.54, 1.807) is 4.98 Å². The number of hydrogen-bond acceptors (Lipinski definition) is 3. The van der Waals surface area contributed by atoms with E-state index in [4.69, 9.17) is 10.8 Å². The van der Waals surface area contributed by atoms with Crippen LogP contribution in [0.15, 0.2) is 10.9 Å². The van der Waals surface area contributed by atoms with Crippen LogP contribution >= 0.6 is 0 Å². The lowest BCUT2D eigenvalue weighted by Crippen LogP contribution is -2.28. The Morgan fingerprint density at radius 3 is 2.47 bits per heavy atom. The van der Waals surface area contributed by atoms with Gasteiger partial charge in [0.2, 0.25) is 0 Å². The summed E-state index contributed by atoms with van der Waals surface area (Å²) in [5, 5.41) is 8.63. The minimum atomic E-state index is -4.76. The molecule has 8 heteroatoms. The Morgan fingerprint density at radius 2 is 2.06 bits per heavy atom. The maximum Gasteiger partial charge on any atom is 0.431 e. The Morgan fingerprint density at radius 1 is 1.47 bits per heavy atom. The molecule has 0 bridgehead atoms. The zero-order valence-electron chi connectivity index (χ0n) is 8.47. The minimum Gasteiger partial charge on any atom is -0.396 e. The lowest BCUT2D eigenvalue weighted by atomic mass is 10.1. The van der Waals surface area contributed by atoms with Crippen molar-refractivity contribution in [3.8, 4) is 0 Å². The fourth-order valence-electron chi connectivity index (χ4n) is 1.33. The van der Waals surface area contributed by atoms with Crippen LogP contribution in [0.4, 0.5) is 13.2 Å². The fourth-order valence-corrected chi connectivity index (χ4v) is 1.33. The Bertz CT molecular complexity index is 493. The smallest absolute Gasteiger partial charge is 0.396 e. The molecule has 0 saturated heterocycles. The number of aliphatic hydroxyl groups excluding tert-OH is 1. The highest BCUT2D eigenvalue weighted by molar-refractivity contribution is 5.92. The third kappa shape index (κ3) is 2.84. The number of hydrogen-bond donors (Lipinski definition) is 3. The van der Waals surface area contributed by atoms with Crippen molar-refractivity contribution in [2.45, 2.75) is 12.6 Å².